The molecule has 1 nitrogen and oxygen atoms in total. The third-order valence-corrected chi connectivity index (χ3v) is 1.61. The Morgan fingerprint density at radius 2 is 2.17 bits per heavy atom. The van der Waals surface area contributed by atoms with Crippen molar-refractivity contribution in [3.8, 4) is 0 Å². The lowest BCUT2D eigenvalue weighted by atomic mass is 10.3. The average Bonchev–Trinajstić information content (AvgIpc) is 2.15. The maximum absolute atomic E-state index is 4.23. The van der Waals surface area contributed by atoms with Crippen molar-refractivity contribution in [3.05, 3.63) is 41.0 Å². The fourth-order valence-electron chi connectivity index (χ4n) is 1.01. The van der Waals surface area contributed by atoms with Crippen LogP contribution < -0.4 is 10.6 Å². The van der Waals surface area contributed by atoms with Crippen molar-refractivity contribution in [1.82, 2.24) is 4.98 Å². The van der Waals surface area contributed by atoms with Crippen LogP contribution in [0.2, 0.25) is 0 Å². The van der Waals surface area contributed by atoms with Gasteiger partial charge in [0.2, 0.25) is 0 Å². The van der Waals surface area contributed by atoms with Gasteiger partial charge < -0.3 is 0 Å². The summed E-state index contributed by atoms with van der Waals surface area (Å²) < 4.78 is 0. The van der Waals surface area contributed by atoms with Gasteiger partial charge >= 0.3 is 0 Å². The summed E-state index contributed by atoms with van der Waals surface area (Å²) in [6.07, 6.45) is 9.90. The molecule has 0 bridgehead atoms. The van der Waals surface area contributed by atoms with Crippen LogP contribution in [0, 0.1) is 0 Å². The van der Waals surface area contributed by atoms with Gasteiger partial charge in [-0.1, -0.05) is 30.4 Å². The van der Waals surface area contributed by atoms with E-state index in [1.165, 1.54) is 0 Å². The molecule has 12 heavy (non-hydrogen) atoms. The fraction of sp³-hybridized carbons (Fsp3) is 0.182. The Labute approximate surface area is 72.8 Å². The lowest BCUT2D eigenvalue weighted by Crippen LogP contribution is -2.26. The fourth-order valence-corrected chi connectivity index (χ4v) is 1.01. The summed E-state index contributed by atoms with van der Waals surface area (Å²) in [6.45, 7) is 4.00. The van der Waals surface area contributed by atoms with E-state index in [0.29, 0.717) is 0 Å². The van der Waals surface area contributed by atoms with E-state index in [2.05, 4.69) is 17.1 Å². The molecule has 0 aliphatic heterocycles. The van der Waals surface area contributed by atoms with E-state index in [4.69, 9.17) is 0 Å². The van der Waals surface area contributed by atoms with E-state index < -0.39 is 0 Å². The van der Waals surface area contributed by atoms with Gasteiger partial charge in [0, 0.05) is 6.20 Å². The molecule has 0 N–H and O–H groups in total. The first-order valence-corrected chi connectivity index (χ1v) is 4.09. The monoisotopic (exact) mass is 159 g/mol. The number of hydrogen-bond donors (Lipinski definition) is 0. The van der Waals surface area contributed by atoms with E-state index in [-0.39, 0.29) is 0 Å². The molecule has 0 aliphatic carbocycles. The Hall–Kier alpha value is -1.37. The predicted molar refractivity (Wildman–Crippen MR) is 52.9 cm³/mol. The van der Waals surface area contributed by atoms with Crippen LogP contribution in [-0.4, -0.2) is 4.98 Å². The summed E-state index contributed by atoms with van der Waals surface area (Å²) in [4.78, 5) is 4.23. The van der Waals surface area contributed by atoms with Crippen molar-refractivity contribution in [2.75, 3.05) is 0 Å². The molecule has 0 aromatic carbocycles. The highest BCUT2D eigenvalue weighted by molar-refractivity contribution is 5.37. The van der Waals surface area contributed by atoms with Crippen LogP contribution >= 0.6 is 0 Å². The topological polar surface area (TPSA) is 12.9 Å². The summed E-state index contributed by atoms with van der Waals surface area (Å²) in [6, 6.07) is 4.00. The van der Waals surface area contributed by atoms with Crippen molar-refractivity contribution >= 4 is 12.2 Å². The number of aromatic nitrogens is 1. The maximum atomic E-state index is 4.23. The smallest absolute Gasteiger partial charge is 0.0659 e. The second-order valence-corrected chi connectivity index (χ2v) is 2.46. The lowest BCUT2D eigenvalue weighted by molar-refractivity contribution is 1.22. The second kappa shape index (κ2) is 4.50. The summed E-state index contributed by atoms with van der Waals surface area (Å²) >= 11 is 0. The molecule has 1 heteroatoms. The Kier molecular flexibility index (Phi) is 3.27. The van der Waals surface area contributed by atoms with Gasteiger partial charge in [0.05, 0.1) is 5.35 Å². The van der Waals surface area contributed by atoms with Crippen molar-refractivity contribution in [3.63, 3.8) is 0 Å². The first kappa shape index (κ1) is 8.72. The highest BCUT2D eigenvalue weighted by Gasteiger charge is 1.79. The molecule has 0 amide bonds. The highest BCUT2D eigenvalue weighted by Crippen LogP contribution is 1.72. The molecule has 0 unspecified atom stereocenters. The molecule has 0 atom stereocenters. The molecule has 0 aliphatic rings. The van der Waals surface area contributed by atoms with E-state index in [0.717, 1.165) is 10.6 Å². The van der Waals surface area contributed by atoms with Crippen LogP contribution in [-0.2, 0) is 0 Å². The molecule has 0 radical (unpaired) electrons. The van der Waals surface area contributed by atoms with Crippen LogP contribution in [0.5, 0.6) is 0 Å². The summed E-state index contributed by atoms with van der Waals surface area (Å²) in [5.41, 5.74) is 0. The van der Waals surface area contributed by atoms with Crippen LogP contribution in [0.1, 0.15) is 13.8 Å². The van der Waals surface area contributed by atoms with Gasteiger partial charge in [-0.3, -0.25) is 4.98 Å². The van der Waals surface area contributed by atoms with Crippen molar-refractivity contribution in [2.24, 2.45) is 0 Å². The number of nitrogens with zero attached hydrogens (tertiary/aromatic N) is 1. The largest absolute Gasteiger partial charge is 0.257 e. The zero-order valence-electron chi connectivity index (χ0n) is 7.49. The first-order valence-electron chi connectivity index (χ1n) is 4.09. The van der Waals surface area contributed by atoms with Gasteiger partial charge in [-0.05, 0) is 25.1 Å². The van der Waals surface area contributed by atoms with E-state index in [9.17, 15) is 0 Å². The number of allylic oxidation sites excluding steroid dienone is 2. The third kappa shape index (κ3) is 2.06. The molecule has 0 spiro atoms. The van der Waals surface area contributed by atoms with E-state index >= 15 is 0 Å². The summed E-state index contributed by atoms with van der Waals surface area (Å²) in [5, 5.41) is 2.20. The standard InChI is InChI=1S/C11H13N/c1-3-5-7-10-8-6-9-12-11(10)4-2/h3-9H,1-2H3/b5-3-,10-7-,11-4+. The van der Waals surface area contributed by atoms with Crippen molar-refractivity contribution in [2.45, 2.75) is 13.8 Å². The zero-order valence-corrected chi connectivity index (χ0v) is 7.49. The van der Waals surface area contributed by atoms with Gasteiger partial charge in [-0.15, -0.1) is 0 Å². The van der Waals surface area contributed by atoms with Crippen LogP contribution in [0.3, 0.4) is 0 Å². The van der Waals surface area contributed by atoms with Crippen molar-refractivity contribution < 1.29 is 0 Å². The molecule has 62 valence electrons. The predicted octanol–water partition coefficient (Wildman–Crippen LogP) is 1.24. The van der Waals surface area contributed by atoms with Gasteiger partial charge in [0.25, 0.3) is 0 Å². The Bertz CT molecular complexity index is 374. The summed E-state index contributed by atoms with van der Waals surface area (Å²) in [5.74, 6) is 0. The van der Waals surface area contributed by atoms with Gasteiger partial charge in [-0.2, -0.15) is 0 Å². The van der Waals surface area contributed by atoms with Gasteiger partial charge in [0.15, 0.2) is 0 Å². The van der Waals surface area contributed by atoms with Gasteiger partial charge in [-0.25, -0.2) is 0 Å². The summed E-state index contributed by atoms with van der Waals surface area (Å²) in [7, 11) is 0. The van der Waals surface area contributed by atoms with E-state index in [1.807, 2.05) is 44.3 Å². The molecule has 1 heterocycles. The maximum Gasteiger partial charge on any atom is 0.0659 e. The average molecular weight is 159 g/mol. The Morgan fingerprint density at radius 1 is 1.33 bits per heavy atom. The van der Waals surface area contributed by atoms with E-state index in [1.54, 1.807) is 0 Å². The minimum atomic E-state index is 1.04. The Balaban J connectivity index is 3.33. The normalized spacial score (nSPS) is 14.5. The second-order valence-electron chi connectivity index (χ2n) is 2.46. The SMILES string of the molecule is C\C=C/C=c1/cccn/c1=C/C. The van der Waals surface area contributed by atoms with Crippen LogP contribution in [0.4, 0.5) is 0 Å². The molecule has 1 aromatic rings. The molecule has 0 saturated carbocycles. The molecule has 0 saturated heterocycles. The third-order valence-electron chi connectivity index (χ3n) is 1.61. The minimum Gasteiger partial charge on any atom is -0.257 e. The van der Waals surface area contributed by atoms with Crippen LogP contribution in [0.25, 0.3) is 12.2 Å². The zero-order chi connectivity index (χ0) is 8.81. The molecular weight excluding hydrogens is 146 g/mol. The number of rotatable bonds is 1. The number of pyridine rings is 1. The van der Waals surface area contributed by atoms with Crippen molar-refractivity contribution in [1.29, 1.82) is 0 Å². The minimum absolute atomic E-state index is 1.04. The first-order chi connectivity index (χ1) is 5.88. The van der Waals surface area contributed by atoms with Crippen LogP contribution in [0.15, 0.2) is 30.5 Å². The quantitative estimate of drug-likeness (QED) is 0.600. The van der Waals surface area contributed by atoms with Gasteiger partial charge in [0.1, 0.15) is 0 Å². The lowest BCUT2D eigenvalue weighted by Gasteiger charge is -1.85. The molecule has 1 aromatic heterocycles. The molecular formula is C11H13N. The Morgan fingerprint density at radius 3 is 2.83 bits per heavy atom. The number of hydrogen-bond acceptors (Lipinski definition) is 1. The molecule has 1 rings (SSSR count). The molecule has 0 fully saturated rings. The highest BCUT2D eigenvalue weighted by atomic mass is 14.6.